The van der Waals surface area contributed by atoms with Gasteiger partial charge < -0.3 is 50.4 Å². The van der Waals surface area contributed by atoms with Crippen LogP contribution in [-0.2, 0) is 55.5 Å². The molecular formula is C60H75F3N8O12. The molecule has 0 unspecified atom stereocenters. The Morgan fingerprint density at radius 3 is 2.12 bits per heavy atom. The van der Waals surface area contributed by atoms with Crippen LogP contribution < -0.4 is 40.9 Å². The first-order valence-corrected chi connectivity index (χ1v) is 27.6. The predicted molar refractivity (Wildman–Crippen MR) is 304 cm³/mol. The lowest BCUT2D eigenvalue weighted by Gasteiger charge is -2.27. The van der Waals surface area contributed by atoms with Crippen molar-refractivity contribution < 1.29 is 70.8 Å². The number of rotatable bonds is 28. The molecule has 4 N–H and O–H groups in total. The number of para-hydroxylation sites is 2. The van der Waals surface area contributed by atoms with E-state index in [1.54, 1.807) is 0 Å². The van der Waals surface area contributed by atoms with Gasteiger partial charge in [0.1, 0.15) is 30.5 Å². The van der Waals surface area contributed by atoms with E-state index < -0.39 is 53.4 Å². The minimum atomic E-state index is -5.19. The number of esters is 1. The average molecular weight is 1160 g/mol. The summed E-state index contributed by atoms with van der Waals surface area (Å²) in [5.74, 6) is -5.22. The SMILES string of the molecule is C=CC(=O)NCCCCCC(=O)N[C@@H](CCC(=O)N1CCc2c(OCC(=O)OC)ccc([N+](=O)[O-])c21)C(=O)NCCCNC(=O)CCCCCN1/C(=C/C=C/C2=[N+](C)c3ccccc3C2(C)C)C(C)(C)c2ccccc21.O=C([O-])C(F)(F)F. The number of anilines is 2. The summed E-state index contributed by atoms with van der Waals surface area (Å²) in [6.45, 7) is 13.9. The zero-order chi connectivity index (χ0) is 61.1. The van der Waals surface area contributed by atoms with Gasteiger partial charge in [0.25, 0.3) is 5.69 Å². The molecule has 1 atom stereocenters. The van der Waals surface area contributed by atoms with E-state index in [9.17, 15) is 52.1 Å². The van der Waals surface area contributed by atoms with Crippen LogP contribution >= 0.6 is 0 Å². The summed E-state index contributed by atoms with van der Waals surface area (Å²) in [5.41, 5.74) is 7.33. The summed E-state index contributed by atoms with van der Waals surface area (Å²) in [5, 5.41) is 32.1. The number of carbonyl (C=O) groups excluding carboxylic acids is 7. The number of alkyl halides is 3. The van der Waals surface area contributed by atoms with Crippen LogP contribution in [0.4, 0.5) is 35.9 Å². The number of nitro groups is 1. The quantitative estimate of drug-likeness (QED) is 0.0150. The molecule has 0 saturated carbocycles. The maximum Gasteiger partial charge on any atom is 0.430 e. The molecule has 3 aromatic rings. The Bertz CT molecular complexity index is 2990. The van der Waals surface area contributed by atoms with Crippen LogP contribution in [0.15, 0.2) is 97.2 Å². The molecule has 5 amide bonds. The number of allylic oxidation sites excluding steroid dienone is 4. The summed E-state index contributed by atoms with van der Waals surface area (Å²) in [6, 6.07) is 18.6. The number of methoxy groups -OCH3 is 1. The number of benzene rings is 3. The third kappa shape index (κ3) is 17.6. The number of nitrogens with zero attached hydrogens (tertiary/aromatic N) is 4. The van der Waals surface area contributed by atoms with E-state index in [-0.39, 0.29) is 78.5 Å². The summed E-state index contributed by atoms with van der Waals surface area (Å²) in [4.78, 5) is 101. The first-order chi connectivity index (χ1) is 39.3. The lowest BCUT2D eigenvalue weighted by atomic mass is 9.81. The standard InChI is InChI=1S/C58H74N8O10.C2HF3O2/c1-8-50(67)59-34-17-9-11-28-52(69)62-43(29-32-53(70)65-38-33-40-47(76-39-54(71)75-7)31-30-46(55(40)65)66(73)74)56(72)61-36-20-35-60-51(68)27-12-10-18-37-64-45-24-16-14-22-42(45)58(4,5)49(64)26-19-25-48-57(2,3)41-21-13-15-23-44(41)63(48)6;3-2(4,5)1(6)7/h8,13-16,19,21-26,30-31,43H,1,9-12,17-18,20,27-29,32-39H2,2-7H3,(H3-,59,60,61,62,67,68,69,72);(H,6,7)/t43-;/m0./s1. The molecule has 0 bridgehead atoms. The van der Waals surface area contributed by atoms with Crippen LogP contribution in [0.5, 0.6) is 5.75 Å². The molecule has 23 heteroatoms. The number of carbonyl (C=O) groups is 7. The minimum Gasteiger partial charge on any atom is -0.542 e. The van der Waals surface area contributed by atoms with Gasteiger partial charge in [-0.3, -0.25) is 34.1 Å². The van der Waals surface area contributed by atoms with Crippen molar-refractivity contribution in [2.24, 2.45) is 0 Å². The van der Waals surface area contributed by atoms with Crippen LogP contribution in [-0.4, -0.2) is 122 Å². The molecule has 0 aliphatic carbocycles. The van der Waals surface area contributed by atoms with Crippen LogP contribution in [0.1, 0.15) is 115 Å². The Labute approximate surface area is 481 Å². The second-order valence-corrected chi connectivity index (χ2v) is 21.2. The summed E-state index contributed by atoms with van der Waals surface area (Å²) in [7, 11) is 3.34. The lowest BCUT2D eigenvalue weighted by molar-refractivity contribution is -0.401. The van der Waals surface area contributed by atoms with Gasteiger partial charge in [-0.05, 0) is 88.6 Å². The van der Waals surface area contributed by atoms with Crippen LogP contribution in [0.25, 0.3) is 0 Å². The lowest BCUT2D eigenvalue weighted by Crippen LogP contribution is -2.47. The van der Waals surface area contributed by atoms with Crippen molar-refractivity contribution in [1.82, 2.24) is 21.3 Å². The number of amides is 5. The van der Waals surface area contributed by atoms with Gasteiger partial charge in [-0.25, -0.2) is 4.79 Å². The van der Waals surface area contributed by atoms with Crippen molar-refractivity contribution in [3.05, 3.63) is 124 Å². The van der Waals surface area contributed by atoms with Crippen LogP contribution in [0.2, 0.25) is 0 Å². The molecule has 0 saturated heterocycles. The molecule has 20 nitrogen and oxygen atoms in total. The maximum atomic E-state index is 13.8. The van der Waals surface area contributed by atoms with Gasteiger partial charge in [0, 0.05) is 98.1 Å². The second kappa shape index (κ2) is 30.1. The monoisotopic (exact) mass is 1160 g/mol. The number of nitro benzene ring substituents is 1. The first-order valence-electron chi connectivity index (χ1n) is 27.6. The largest absolute Gasteiger partial charge is 0.542 e. The van der Waals surface area contributed by atoms with Crippen molar-refractivity contribution in [3.63, 3.8) is 0 Å². The van der Waals surface area contributed by atoms with Gasteiger partial charge in [-0.2, -0.15) is 17.7 Å². The molecule has 3 aliphatic heterocycles. The van der Waals surface area contributed by atoms with Crippen molar-refractivity contribution in [3.8, 4) is 5.75 Å². The smallest absolute Gasteiger partial charge is 0.430 e. The van der Waals surface area contributed by atoms with Crippen molar-refractivity contribution in [2.75, 3.05) is 63.3 Å². The maximum absolute atomic E-state index is 13.8. The van der Waals surface area contributed by atoms with Gasteiger partial charge in [0.15, 0.2) is 12.3 Å². The molecule has 0 fully saturated rings. The summed E-state index contributed by atoms with van der Waals surface area (Å²) < 4.78 is 44.1. The molecule has 6 rings (SSSR count). The number of aliphatic carboxylic acids is 1. The molecule has 448 valence electrons. The highest BCUT2D eigenvalue weighted by atomic mass is 19.4. The number of hydrogen-bond donors (Lipinski definition) is 4. The molecule has 3 aromatic carbocycles. The number of halogens is 3. The Hall–Kier alpha value is -8.37. The first kappa shape index (κ1) is 65.4. The Kier molecular flexibility index (Phi) is 23.7. The summed E-state index contributed by atoms with van der Waals surface area (Å²) >= 11 is 0. The zero-order valence-corrected chi connectivity index (χ0v) is 47.9. The van der Waals surface area contributed by atoms with Crippen LogP contribution in [0, 0.1) is 10.1 Å². The fourth-order valence-corrected chi connectivity index (χ4v) is 10.4. The number of fused-ring (bicyclic) bond motifs is 3. The molecule has 3 aliphatic rings. The number of hydrogen-bond acceptors (Lipinski definition) is 13. The number of carboxylic acid groups (broad SMARTS) is 1. The average Bonchev–Trinajstić information content (AvgIpc) is 3.09. The normalized spacial score (nSPS) is 15.3. The van der Waals surface area contributed by atoms with Crippen molar-refractivity contribution in [2.45, 2.75) is 128 Å². The fourth-order valence-electron chi connectivity index (χ4n) is 10.4. The van der Waals surface area contributed by atoms with Crippen LogP contribution in [0.3, 0.4) is 0 Å². The third-order valence-electron chi connectivity index (χ3n) is 14.7. The molecule has 3 heterocycles. The van der Waals surface area contributed by atoms with Gasteiger partial charge in [0.2, 0.25) is 35.2 Å². The molecular weight excluding hydrogens is 1080 g/mol. The van der Waals surface area contributed by atoms with E-state index in [2.05, 4.69) is 144 Å². The van der Waals surface area contributed by atoms with E-state index in [0.717, 1.165) is 19.4 Å². The molecule has 83 heavy (non-hydrogen) atoms. The van der Waals surface area contributed by atoms with Gasteiger partial charge in [-0.1, -0.05) is 75.7 Å². The van der Waals surface area contributed by atoms with Crippen molar-refractivity contribution >= 4 is 69.9 Å². The molecule has 0 aromatic heterocycles. The van der Waals surface area contributed by atoms with E-state index in [4.69, 9.17) is 14.6 Å². The number of nitrogens with one attached hydrogen (secondary N) is 4. The highest BCUT2D eigenvalue weighted by Crippen LogP contribution is 2.48. The van der Waals surface area contributed by atoms with E-state index in [1.807, 2.05) is 0 Å². The van der Waals surface area contributed by atoms with Gasteiger partial charge in [-0.15, -0.1) is 0 Å². The summed E-state index contributed by atoms with van der Waals surface area (Å²) in [6.07, 6.45) is 7.69. The Morgan fingerprint density at radius 1 is 0.819 bits per heavy atom. The Balaban J connectivity index is 0.00000169. The number of unbranched alkanes of at least 4 members (excludes halogenated alkanes) is 4. The number of carboxylic acids is 1. The van der Waals surface area contributed by atoms with E-state index >= 15 is 0 Å². The van der Waals surface area contributed by atoms with E-state index in [1.165, 1.54) is 64.1 Å². The van der Waals surface area contributed by atoms with Gasteiger partial charge in [0.05, 0.1) is 17.4 Å². The molecule has 0 spiro atoms. The third-order valence-corrected chi connectivity index (χ3v) is 14.7. The highest BCUT2D eigenvalue weighted by Gasteiger charge is 2.43. The Morgan fingerprint density at radius 2 is 1.46 bits per heavy atom. The topological polar surface area (TPSA) is 262 Å². The molecule has 0 radical (unpaired) electrons. The fraction of sp³-hybridized carbons (Fsp3) is 0.467. The zero-order valence-electron chi connectivity index (χ0n) is 47.9. The number of ether oxygens (including phenoxy) is 2. The highest BCUT2D eigenvalue weighted by molar-refractivity contribution is 6.03. The van der Waals surface area contributed by atoms with Gasteiger partial charge >= 0.3 is 12.1 Å². The second-order valence-electron chi connectivity index (χ2n) is 21.2. The minimum absolute atomic E-state index is 0.0556. The predicted octanol–water partition coefficient (Wildman–Crippen LogP) is 6.59. The van der Waals surface area contributed by atoms with Crippen molar-refractivity contribution in [1.29, 1.82) is 0 Å². The van der Waals surface area contributed by atoms with E-state index in [0.29, 0.717) is 57.2 Å².